The highest BCUT2D eigenvalue weighted by Crippen LogP contribution is 2.41. The van der Waals surface area contributed by atoms with Crippen LogP contribution in [0.15, 0.2) is 228 Å². The molecule has 0 bridgehead atoms. The third-order valence-electron chi connectivity index (χ3n) is 11.3. The summed E-state index contributed by atoms with van der Waals surface area (Å²) in [5.41, 5.74) is 10.2. The summed E-state index contributed by atoms with van der Waals surface area (Å²) in [7, 11) is 0. The zero-order valence-electron chi connectivity index (χ0n) is 34.1. The van der Waals surface area contributed by atoms with Gasteiger partial charge in [0.25, 0.3) is 0 Å². The number of hydrogen-bond acceptors (Lipinski definition) is 4. The molecule has 4 nitrogen and oxygen atoms in total. The van der Waals surface area contributed by atoms with Crippen LogP contribution in [0.1, 0.15) is 47.6 Å². The van der Waals surface area contributed by atoms with Gasteiger partial charge in [0, 0.05) is 34.2 Å². The van der Waals surface area contributed by atoms with Crippen LogP contribution in [0.3, 0.4) is 0 Å². The molecule has 0 N–H and O–H groups in total. The predicted molar refractivity (Wildman–Crippen MR) is 252 cm³/mol. The number of esters is 1. The zero-order chi connectivity index (χ0) is 41.2. The van der Waals surface area contributed by atoms with Gasteiger partial charge in [0.1, 0.15) is 18.0 Å². The lowest BCUT2D eigenvalue weighted by Gasteiger charge is -2.29. The van der Waals surface area contributed by atoms with Gasteiger partial charge in [0.05, 0.1) is 11.4 Å². The topological polar surface area (TPSA) is 42.7 Å². The van der Waals surface area contributed by atoms with E-state index in [1.54, 1.807) is 6.08 Å². The number of carbonyl (C=O) groups excluding carboxylic acids is 1. The highest BCUT2D eigenvalue weighted by atomic mass is 16.5. The second kappa shape index (κ2) is 18.7. The molecule has 0 saturated carbocycles. The van der Waals surface area contributed by atoms with Crippen molar-refractivity contribution in [2.45, 2.75) is 38.2 Å². The Morgan fingerprint density at radius 1 is 0.721 bits per heavy atom. The molecular weight excluding hydrogens is 747 g/mol. The normalized spacial score (nSPS) is 17.1. The molecule has 1 aromatic heterocycles. The second-order valence-corrected chi connectivity index (χ2v) is 15.4. The van der Waals surface area contributed by atoms with Crippen LogP contribution in [-0.2, 0) is 22.6 Å². The molecule has 1 unspecified atom stereocenters. The number of rotatable bonds is 11. The van der Waals surface area contributed by atoms with Crippen LogP contribution in [0.25, 0.3) is 38.9 Å². The van der Waals surface area contributed by atoms with Crippen molar-refractivity contribution >= 4 is 45.2 Å². The van der Waals surface area contributed by atoms with Gasteiger partial charge in [-0.3, -0.25) is 0 Å². The Morgan fingerprint density at radius 2 is 1.48 bits per heavy atom. The number of benzene rings is 6. The summed E-state index contributed by atoms with van der Waals surface area (Å²) in [6.45, 7) is 0.175. The van der Waals surface area contributed by atoms with Crippen LogP contribution in [0, 0.1) is 0 Å². The van der Waals surface area contributed by atoms with Crippen LogP contribution in [0.2, 0.25) is 0 Å². The van der Waals surface area contributed by atoms with Gasteiger partial charge >= 0.3 is 5.97 Å². The standard InChI is InChI=1S/C57H47NO3/c59-57(60-41-43-19-5-1-6-20-43)40-48(26-16-21-42-18-4-2-9-32-56-53(39-34-42)52-29-13-15-33-55(52)61-56)58(47-37-35-45(36-38-47)44-22-7-3-8-23-44)54-31-14-12-28-51(54)50-30-17-25-46-24-10-11-27-49(46)50/h1,3-20,22,24-38,40,44H,2,21,23,39,41H2/b18-4-,26-16-,32-9-,42-34+,48-40+. The van der Waals surface area contributed by atoms with Gasteiger partial charge < -0.3 is 14.1 Å². The van der Waals surface area contributed by atoms with E-state index in [4.69, 9.17) is 9.15 Å². The van der Waals surface area contributed by atoms with Gasteiger partial charge in [-0.1, -0.05) is 176 Å². The van der Waals surface area contributed by atoms with Crippen molar-refractivity contribution in [1.82, 2.24) is 0 Å². The summed E-state index contributed by atoms with van der Waals surface area (Å²) in [5, 5.41) is 3.46. The average Bonchev–Trinajstić information content (AvgIpc) is 3.68. The van der Waals surface area contributed by atoms with E-state index in [2.05, 4.69) is 175 Å². The molecule has 7 aromatic rings. The van der Waals surface area contributed by atoms with E-state index in [0.717, 1.165) is 69.4 Å². The minimum absolute atomic E-state index is 0.175. The van der Waals surface area contributed by atoms with Crippen LogP contribution in [0.5, 0.6) is 0 Å². The molecule has 1 heterocycles. The first-order chi connectivity index (χ1) is 30.2. The molecule has 9 rings (SSSR count). The van der Waals surface area contributed by atoms with Gasteiger partial charge in [-0.05, 0) is 95.1 Å². The van der Waals surface area contributed by atoms with Crippen LogP contribution in [0.4, 0.5) is 11.4 Å². The van der Waals surface area contributed by atoms with Crippen LogP contribution in [-0.4, -0.2) is 5.97 Å². The van der Waals surface area contributed by atoms with E-state index in [-0.39, 0.29) is 6.61 Å². The minimum Gasteiger partial charge on any atom is -0.458 e. The van der Waals surface area contributed by atoms with Crippen molar-refractivity contribution in [3.05, 3.63) is 246 Å². The molecule has 1 atom stereocenters. The maximum Gasteiger partial charge on any atom is 0.333 e. The molecule has 4 heteroatoms. The molecule has 61 heavy (non-hydrogen) atoms. The van der Waals surface area contributed by atoms with E-state index >= 15 is 0 Å². The SMILES string of the molecule is O=C(/C=C(\C=C/CC1=C/Cc2c(oc3ccccc23)/C=C\C/C=C\1)N(c1ccc(C2C=CC=CC2)cc1)c1ccccc1-c1cccc2ccccc12)OCc1ccccc1. The third kappa shape index (κ3) is 9.10. The summed E-state index contributed by atoms with van der Waals surface area (Å²) >= 11 is 0. The monoisotopic (exact) mass is 793 g/mol. The number of furan rings is 1. The highest BCUT2D eigenvalue weighted by Gasteiger charge is 2.21. The van der Waals surface area contributed by atoms with Crippen molar-refractivity contribution in [1.29, 1.82) is 0 Å². The first-order valence-electron chi connectivity index (χ1n) is 21.1. The Bertz CT molecular complexity index is 2880. The van der Waals surface area contributed by atoms with E-state index in [1.165, 1.54) is 22.1 Å². The lowest BCUT2D eigenvalue weighted by atomic mass is 9.92. The molecule has 2 aliphatic rings. The van der Waals surface area contributed by atoms with Crippen LogP contribution >= 0.6 is 0 Å². The molecule has 2 aliphatic carbocycles. The number of para-hydroxylation sites is 2. The Hall–Kier alpha value is -7.43. The third-order valence-corrected chi connectivity index (χ3v) is 11.3. The number of ether oxygens (including phenoxy) is 1. The quantitative estimate of drug-likeness (QED) is 0.0743. The molecule has 298 valence electrons. The Balaban J connectivity index is 1.13. The average molecular weight is 794 g/mol. The number of hydrogen-bond donors (Lipinski definition) is 0. The molecule has 0 fully saturated rings. The minimum atomic E-state index is -0.421. The van der Waals surface area contributed by atoms with Crippen molar-refractivity contribution in [2.24, 2.45) is 0 Å². The fourth-order valence-electron chi connectivity index (χ4n) is 8.26. The first-order valence-corrected chi connectivity index (χ1v) is 21.1. The van der Waals surface area contributed by atoms with Gasteiger partial charge in [-0.25, -0.2) is 4.79 Å². The summed E-state index contributed by atoms with van der Waals surface area (Å²) in [5.74, 6) is 0.795. The fraction of sp³-hybridized carbons (Fsp3) is 0.105. The maximum atomic E-state index is 14.0. The van der Waals surface area contributed by atoms with Crippen molar-refractivity contribution in [3.63, 3.8) is 0 Å². The van der Waals surface area contributed by atoms with Gasteiger partial charge in [-0.15, -0.1) is 0 Å². The summed E-state index contributed by atoms with van der Waals surface area (Å²) in [4.78, 5) is 16.2. The second-order valence-electron chi connectivity index (χ2n) is 15.4. The summed E-state index contributed by atoms with van der Waals surface area (Å²) < 4.78 is 12.2. The maximum absolute atomic E-state index is 14.0. The highest BCUT2D eigenvalue weighted by molar-refractivity contribution is 6.01. The van der Waals surface area contributed by atoms with Crippen molar-refractivity contribution in [3.8, 4) is 11.1 Å². The van der Waals surface area contributed by atoms with Crippen molar-refractivity contribution < 1.29 is 13.9 Å². The van der Waals surface area contributed by atoms with Crippen molar-refractivity contribution in [2.75, 3.05) is 4.90 Å². The number of fused-ring (bicyclic) bond motifs is 4. The lowest BCUT2D eigenvalue weighted by molar-refractivity contribution is -0.139. The summed E-state index contributed by atoms with van der Waals surface area (Å²) in [6.07, 6.45) is 28.6. The Labute approximate surface area is 358 Å². The first kappa shape index (κ1) is 39.1. The van der Waals surface area contributed by atoms with E-state index in [0.29, 0.717) is 18.0 Å². The lowest BCUT2D eigenvalue weighted by Crippen LogP contribution is -2.18. The van der Waals surface area contributed by atoms with E-state index in [9.17, 15) is 4.79 Å². The smallest absolute Gasteiger partial charge is 0.333 e. The van der Waals surface area contributed by atoms with E-state index in [1.807, 2.05) is 42.5 Å². The molecule has 0 amide bonds. The molecule has 0 radical (unpaired) electrons. The summed E-state index contributed by atoms with van der Waals surface area (Å²) in [6, 6.07) is 50.2. The zero-order valence-corrected chi connectivity index (χ0v) is 34.1. The molecule has 6 aromatic carbocycles. The van der Waals surface area contributed by atoms with Gasteiger partial charge in [-0.2, -0.15) is 0 Å². The fourth-order valence-corrected chi connectivity index (χ4v) is 8.26. The Morgan fingerprint density at radius 3 is 2.34 bits per heavy atom. The van der Waals surface area contributed by atoms with Gasteiger partial charge in [0.15, 0.2) is 0 Å². The predicted octanol–water partition coefficient (Wildman–Crippen LogP) is 14.7. The van der Waals surface area contributed by atoms with Gasteiger partial charge in [0.2, 0.25) is 0 Å². The Kier molecular flexibility index (Phi) is 11.9. The molecule has 0 saturated heterocycles. The number of allylic oxidation sites excluding steroid dienone is 11. The largest absolute Gasteiger partial charge is 0.458 e. The molecule has 0 spiro atoms. The van der Waals surface area contributed by atoms with E-state index < -0.39 is 5.97 Å². The number of carbonyl (C=O) groups is 1. The number of nitrogens with zero attached hydrogens (tertiary/aromatic N) is 1. The number of anilines is 2. The molecule has 0 aliphatic heterocycles. The molecular formula is C57H47NO3. The van der Waals surface area contributed by atoms with Crippen LogP contribution < -0.4 is 4.90 Å².